The minimum Gasteiger partial charge on any atom is -0.324 e. The van der Waals surface area contributed by atoms with Crippen molar-refractivity contribution in [2.75, 3.05) is 5.32 Å². The maximum atomic E-state index is 13.3. The van der Waals surface area contributed by atoms with Crippen molar-refractivity contribution < 1.29 is 4.79 Å². The fourth-order valence-corrected chi connectivity index (χ4v) is 5.58. The van der Waals surface area contributed by atoms with Crippen LogP contribution in [-0.2, 0) is 30.5 Å². The third-order valence-corrected chi connectivity index (χ3v) is 7.28. The SMILES string of the molecule is CCc1cccc(CC)c1NC(=O)[C@H](C)n1nnc2sc3c(c2c1=O)CC[C@H](C)C3. The van der Waals surface area contributed by atoms with Gasteiger partial charge in [0, 0.05) is 10.6 Å². The monoisotopic (exact) mass is 424 g/mol. The number of hydrogen-bond donors (Lipinski definition) is 1. The number of rotatable bonds is 5. The highest BCUT2D eigenvalue weighted by atomic mass is 32.1. The average molecular weight is 425 g/mol. The number of aromatic nitrogens is 3. The molecule has 30 heavy (non-hydrogen) atoms. The highest BCUT2D eigenvalue weighted by Crippen LogP contribution is 2.35. The lowest BCUT2D eigenvalue weighted by atomic mass is 9.89. The summed E-state index contributed by atoms with van der Waals surface area (Å²) >= 11 is 1.57. The molecule has 0 fully saturated rings. The number of carbonyl (C=O) groups is 1. The molecule has 158 valence electrons. The zero-order chi connectivity index (χ0) is 21.4. The van der Waals surface area contributed by atoms with Crippen LogP contribution in [-0.4, -0.2) is 20.9 Å². The molecule has 6 nitrogen and oxygen atoms in total. The van der Waals surface area contributed by atoms with Crippen LogP contribution in [0.3, 0.4) is 0 Å². The third kappa shape index (κ3) is 3.55. The molecular formula is C23H28N4O2S. The molecule has 1 aromatic carbocycles. The van der Waals surface area contributed by atoms with Crippen LogP contribution in [0.1, 0.15) is 61.7 Å². The van der Waals surface area contributed by atoms with Crippen molar-refractivity contribution in [3.63, 3.8) is 0 Å². The smallest absolute Gasteiger partial charge is 0.279 e. The van der Waals surface area contributed by atoms with Crippen LogP contribution < -0.4 is 10.9 Å². The summed E-state index contributed by atoms with van der Waals surface area (Å²) < 4.78 is 1.24. The Labute approximate surface area is 180 Å². The Morgan fingerprint density at radius 1 is 1.30 bits per heavy atom. The van der Waals surface area contributed by atoms with E-state index in [0.29, 0.717) is 16.1 Å². The lowest BCUT2D eigenvalue weighted by Gasteiger charge is -2.18. The topological polar surface area (TPSA) is 76.9 Å². The number of anilines is 1. The number of thiophene rings is 1. The molecule has 0 unspecified atom stereocenters. The number of aryl methyl sites for hydroxylation is 3. The summed E-state index contributed by atoms with van der Waals surface area (Å²) in [5, 5.41) is 12.1. The molecule has 2 heterocycles. The Balaban J connectivity index is 1.69. The Hall–Kier alpha value is -2.54. The number of hydrogen-bond acceptors (Lipinski definition) is 5. The van der Waals surface area contributed by atoms with Gasteiger partial charge in [0.25, 0.3) is 5.56 Å². The maximum Gasteiger partial charge on any atom is 0.279 e. The Morgan fingerprint density at radius 2 is 2.00 bits per heavy atom. The Bertz CT molecular complexity index is 1140. The van der Waals surface area contributed by atoms with Gasteiger partial charge >= 0.3 is 0 Å². The van der Waals surface area contributed by atoms with Gasteiger partial charge in [-0.1, -0.05) is 44.2 Å². The first-order valence-corrected chi connectivity index (χ1v) is 11.6. The van der Waals surface area contributed by atoms with E-state index in [-0.39, 0.29) is 11.5 Å². The van der Waals surface area contributed by atoms with Crippen LogP contribution in [0.4, 0.5) is 5.69 Å². The molecule has 1 amide bonds. The third-order valence-electron chi connectivity index (χ3n) is 6.14. The molecule has 2 atom stereocenters. The van der Waals surface area contributed by atoms with Gasteiger partial charge in [-0.2, -0.15) is 4.68 Å². The zero-order valence-electron chi connectivity index (χ0n) is 18.0. The van der Waals surface area contributed by atoms with Gasteiger partial charge in [0.15, 0.2) is 4.83 Å². The van der Waals surface area contributed by atoms with Crippen LogP contribution in [0.15, 0.2) is 23.0 Å². The van der Waals surface area contributed by atoms with Crippen molar-refractivity contribution in [2.24, 2.45) is 5.92 Å². The molecule has 0 spiro atoms. The van der Waals surface area contributed by atoms with Crippen LogP contribution in [0, 0.1) is 5.92 Å². The lowest BCUT2D eigenvalue weighted by molar-refractivity contribution is -0.119. The molecule has 1 aliphatic rings. The van der Waals surface area contributed by atoms with E-state index in [9.17, 15) is 9.59 Å². The molecule has 1 N–H and O–H groups in total. The predicted molar refractivity (Wildman–Crippen MR) is 121 cm³/mol. The van der Waals surface area contributed by atoms with Crippen molar-refractivity contribution in [3.8, 4) is 0 Å². The van der Waals surface area contributed by atoms with Crippen LogP contribution in [0.5, 0.6) is 0 Å². The van der Waals surface area contributed by atoms with E-state index in [1.807, 2.05) is 18.2 Å². The summed E-state index contributed by atoms with van der Waals surface area (Å²) in [4.78, 5) is 28.3. The lowest BCUT2D eigenvalue weighted by Crippen LogP contribution is -2.34. The summed E-state index contributed by atoms with van der Waals surface area (Å²) in [6.07, 6.45) is 4.59. The van der Waals surface area contributed by atoms with Crippen molar-refractivity contribution >= 4 is 33.1 Å². The number of fused-ring (bicyclic) bond motifs is 3. The molecule has 0 aliphatic heterocycles. The van der Waals surface area contributed by atoms with Gasteiger partial charge in [-0.25, -0.2) is 0 Å². The number of carbonyl (C=O) groups excluding carboxylic acids is 1. The van der Waals surface area contributed by atoms with Gasteiger partial charge in [0.2, 0.25) is 5.91 Å². The first kappa shape index (κ1) is 20.7. The normalized spacial score (nSPS) is 17.0. The summed E-state index contributed by atoms with van der Waals surface area (Å²) in [5.74, 6) is 0.371. The molecule has 7 heteroatoms. The van der Waals surface area contributed by atoms with Crippen molar-refractivity contribution in [1.29, 1.82) is 0 Å². The average Bonchev–Trinajstić information content (AvgIpc) is 3.11. The molecule has 4 rings (SSSR count). The fourth-order valence-electron chi connectivity index (χ4n) is 4.27. The molecule has 0 saturated carbocycles. The number of nitrogens with one attached hydrogen (secondary N) is 1. The highest BCUT2D eigenvalue weighted by Gasteiger charge is 2.26. The molecule has 2 aromatic heterocycles. The van der Waals surface area contributed by atoms with E-state index < -0.39 is 6.04 Å². The van der Waals surface area contributed by atoms with Crippen LogP contribution in [0.2, 0.25) is 0 Å². The van der Waals surface area contributed by atoms with Gasteiger partial charge in [-0.05, 0) is 61.6 Å². The molecule has 0 radical (unpaired) electrons. The minimum atomic E-state index is -0.748. The Morgan fingerprint density at radius 3 is 2.67 bits per heavy atom. The zero-order valence-corrected chi connectivity index (χ0v) is 18.8. The molecule has 3 aromatic rings. The second-order valence-corrected chi connectivity index (χ2v) is 9.28. The van der Waals surface area contributed by atoms with E-state index in [1.165, 1.54) is 9.56 Å². The van der Waals surface area contributed by atoms with E-state index in [4.69, 9.17) is 0 Å². The fraction of sp³-hybridized carbons (Fsp3) is 0.478. The standard InChI is InChI=1S/C23H28N4O2S/c1-5-15-8-7-9-16(6-2)20(15)24-21(28)14(4)27-23(29)19-17-11-10-13(3)12-18(17)30-22(19)25-26-27/h7-9,13-14H,5-6,10-12H2,1-4H3,(H,24,28)/t13-,14-/m0/s1. The summed E-state index contributed by atoms with van der Waals surface area (Å²) in [5.41, 5.74) is 3.92. The van der Waals surface area contributed by atoms with Gasteiger partial charge in [-0.15, -0.1) is 16.4 Å². The number of para-hydroxylation sites is 1. The van der Waals surface area contributed by atoms with E-state index in [0.717, 1.165) is 54.5 Å². The molecular weight excluding hydrogens is 396 g/mol. The van der Waals surface area contributed by atoms with Gasteiger partial charge in [0.1, 0.15) is 6.04 Å². The molecule has 0 bridgehead atoms. The Kier molecular flexibility index (Phi) is 5.73. The first-order chi connectivity index (χ1) is 14.4. The van der Waals surface area contributed by atoms with Crippen molar-refractivity contribution in [2.45, 2.75) is 65.8 Å². The summed E-state index contributed by atoms with van der Waals surface area (Å²) in [6.45, 7) is 8.08. The maximum absolute atomic E-state index is 13.3. The van der Waals surface area contributed by atoms with E-state index >= 15 is 0 Å². The second kappa shape index (κ2) is 8.30. The van der Waals surface area contributed by atoms with E-state index in [1.54, 1.807) is 18.3 Å². The predicted octanol–water partition coefficient (Wildman–Crippen LogP) is 4.30. The quantitative estimate of drug-likeness (QED) is 0.662. The van der Waals surface area contributed by atoms with Crippen molar-refractivity contribution in [1.82, 2.24) is 15.0 Å². The van der Waals surface area contributed by atoms with E-state index in [2.05, 4.69) is 36.4 Å². The number of amides is 1. The molecule has 0 saturated heterocycles. The number of nitrogens with zero attached hydrogens (tertiary/aromatic N) is 3. The van der Waals surface area contributed by atoms with Gasteiger partial charge in [-0.3, -0.25) is 9.59 Å². The van der Waals surface area contributed by atoms with Crippen molar-refractivity contribution in [3.05, 3.63) is 50.1 Å². The van der Waals surface area contributed by atoms with Gasteiger partial charge in [0.05, 0.1) is 5.39 Å². The second-order valence-electron chi connectivity index (χ2n) is 8.19. The minimum absolute atomic E-state index is 0.214. The first-order valence-electron chi connectivity index (χ1n) is 10.8. The summed E-state index contributed by atoms with van der Waals surface area (Å²) in [7, 11) is 0. The van der Waals surface area contributed by atoms with Crippen LogP contribution >= 0.6 is 11.3 Å². The van der Waals surface area contributed by atoms with Gasteiger partial charge < -0.3 is 5.32 Å². The highest BCUT2D eigenvalue weighted by molar-refractivity contribution is 7.18. The summed E-state index contributed by atoms with van der Waals surface area (Å²) in [6, 6.07) is 5.31. The largest absolute Gasteiger partial charge is 0.324 e. The van der Waals surface area contributed by atoms with Crippen LogP contribution in [0.25, 0.3) is 10.2 Å². The number of benzene rings is 1. The molecule has 1 aliphatic carbocycles.